The molecule has 14 heteroatoms. The SMILES string of the molecule is Nc1nonc1-n1nnc(C(=O)NN=Cc2cc(Br)ccc2OC(=O)c2ccccc2)c1CN1CCCc2ccccc21. The van der Waals surface area contributed by atoms with E-state index in [1.165, 1.54) is 16.5 Å². The van der Waals surface area contributed by atoms with Crippen molar-refractivity contribution in [2.24, 2.45) is 5.10 Å². The van der Waals surface area contributed by atoms with E-state index in [1.54, 1.807) is 42.5 Å². The zero-order chi connectivity index (χ0) is 29.8. The van der Waals surface area contributed by atoms with Crippen molar-refractivity contribution in [2.45, 2.75) is 19.4 Å². The average Bonchev–Trinajstić information content (AvgIpc) is 3.64. The molecule has 1 amide bonds. The lowest BCUT2D eigenvalue weighted by atomic mass is 10.0. The summed E-state index contributed by atoms with van der Waals surface area (Å²) in [5, 5.41) is 19.9. The zero-order valence-electron chi connectivity index (χ0n) is 22.6. The number of nitrogens with one attached hydrogen (secondary N) is 1. The fourth-order valence-electron chi connectivity index (χ4n) is 4.74. The smallest absolute Gasteiger partial charge is 0.343 e. The molecule has 3 heterocycles. The normalized spacial score (nSPS) is 12.7. The molecule has 6 rings (SSSR count). The summed E-state index contributed by atoms with van der Waals surface area (Å²) in [6.45, 7) is 1.05. The number of nitrogens with zero attached hydrogens (tertiary/aromatic N) is 7. The Balaban J connectivity index is 1.25. The van der Waals surface area contributed by atoms with E-state index in [2.05, 4.69) is 58.0 Å². The molecule has 0 aliphatic carbocycles. The summed E-state index contributed by atoms with van der Waals surface area (Å²) in [7, 11) is 0. The molecule has 0 spiro atoms. The van der Waals surface area contributed by atoms with Crippen molar-refractivity contribution < 1.29 is 19.0 Å². The Bertz CT molecular complexity index is 1820. The summed E-state index contributed by atoms with van der Waals surface area (Å²) >= 11 is 3.42. The van der Waals surface area contributed by atoms with Crippen LogP contribution in [-0.4, -0.2) is 49.9 Å². The predicted molar refractivity (Wildman–Crippen MR) is 160 cm³/mol. The standard InChI is InChI=1S/C29H24BrN9O4/c30-21-12-13-24(42-29(41)19-8-2-1-3-9-19)20(15-21)16-32-34-28(40)25-23(39(37-33-25)27-26(31)35-43-36-27)17-38-14-6-10-18-7-4-5-11-22(18)38/h1-5,7-9,11-13,15-16H,6,10,14,17H2,(H2,31,35)(H,34,40). The van der Waals surface area contributed by atoms with Gasteiger partial charge in [-0.25, -0.2) is 14.8 Å². The molecule has 0 radical (unpaired) electrons. The van der Waals surface area contributed by atoms with Crippen molar-refractivity contribution in [1.82, 2.24) is 30.7 Å². The van der Waals surface area contributed by atoms with Gasteiger partial charge in [-0.1, -0.05) is 57.5 Å². The Morgan fingerprint density at radius 3 is 2.72 bits per heavy atom. The van der Waals surface area contributed by atoms with E-state index < -0.39 is 11.9 Å². The van der Waals surface area contributed by atoms with Crippen LogP contribution in [-0.2, 0) is 13.0 Å². The zero-order valence-corrected chi connectivity index (χ0v) is 24.1. The second-order valence-electron chi connectivity index (χ2n) is 9.56. The third-order valence-electron chi connectivity index (χ3n) is 6.78. The van der Waals surface area contributed by atoms with Crippen LogP contribution in [0.15, 0.2) is 87.0 Å². The van der Waals surface area contributed by atoms with Gasteiger partial charge in [-0.15, -0.1) is 5.10 Å². The number of ether oxygens (including phenoxy) is 1. The monoisotopic (exact) mass is 641 g/mol. The molecule has 0 fully saturated rings. The Labute approximate surface area is 253 Å². The van der Waals surface area contributed by atoms with E-state index in [0.29, 0.717) is 16.8 Å². The molecule has 1 aliphatic rings. The van der Waals surface area contributed by atoms with Gasteiger partial charge < -0.3 is 15.4 Å². The van der Waals surface area contributed by atoms with E-state index in [4.69, 9.17) is 15.1 Å². The molecule has 43 heavy (non-hydrogen) atoms. The molecular weight excluding hydrogens is 618 g/mol. The van der Waals surface area contributed by atoms with Gasteiger partial charge in [0.1, 0.15) is 5.75 Å². The first-order chi connectivity index (χ1) is 21.0. The quantitative estimate of drug-likeness (QED) is 0.110. The summed E-state index contributed by atoms with van der Waals surface area (Å²) in [6, 6.07) is 21.8. The number of carbonyl (C=O) groups is 2. The van der Waals surface area contributed by atoms with Crippen molar-refractivity contribution in [3.63, 3.8) is 0 Å². The number of aromatic nitrogens is 5. The molecule has 0 unspecified atom stereocenters. The first kappa shape index (κ1) is 27.8. The highest BCUT2D eigenvalue weighted by atomic mass is 79.9. The molecule has 216 valence electrons. The number of hydrazone groups is 1. The third kappa shape index (κ3) is 5.99. The highest BCUT2D eigenvalue weighted by Crippen LogP contribution is 2.29. The number of nitrogens with two attached hydrogens (primary N) is 1. The second kappa shape index (κ2) is 12.2. The summed E-state index contributed by atoms with van der Waals surface area (Å²) in [5.41, 5.74) is 12.0. The minimum absolute atomic E-state index is 0.00223. The molecule has 0 bridgehead atoms. The first-order valence-corrected chi connectivity index (χ1v) is 14.0. The molecule has 1 aliphatic heterocycles. The van der Waals surface area contributed by atoms with Gasteiger partial charge in [0, 0.05) is 22.3 Å². The van der Waals surface area contributed by atoms with E-state index in [1.807, 2.05) is 24.3 Å². The number of fused-ring (bicyclic) bond motifs is 1. The first-order valence-electron chi connectivity index (χ1n) is 13.2. The van der Waals surface area contributed by atoms with E-state index in [0.717, 1.165) is 29.5 Å². The lowest BCUT2D eigenvalue weighted by Crippen LogP contribution is -2.31. The number of halogens is 1. The number of nitrogen functional groups attached to an aromatic ring is 1. The molecule has 3 N–H and O–H groups in total. The number of para-hydroxylation sites is 1. The average molecular weight is 642 g/mol. The molecule has 2 aromatic heterocycles. The Kier molecular flexibility index (Phi) is 7.91. The molecule has 0 atom stereocenters. The van der Waals surface area contributed by atoms with Crippen LogP contribution in [0.5, 0.6) is 5.75 Å². The second-order valence-corrected chi connectivity index (χ2v) is 10.5. The number of anilines is 2. The van der Waals surface area contributed by atoms with Crippen LogP contribution in [0.1, 0.15) is 44.1 Å². The molecule has 13 nitrogen and oxygen atoms in total. The maximum absolute atomic E-state index is 13.4. The number of rotatable bonds is 8. The maximum atomic E-state index is 13.4. The minimum atomic E-state index is -0.615. The maximum Gasteiger partial charge on any atom is 0.343 e. The number of esters is 1. The van der Waals surface area contributed by atoms with Crippen molar-refractivity contribution in [3.05, 3.63) is 105 Å². The summed E-state index contributed by atoms with van der Waals surface area (Å²) < 4.78 is 12.4. The molecule has 3 aromatic carbocycles. The Hall–Kier alpha value is -5.37. The van der Waals surface area contributed by atoms with Crippen LogP contribution in [0.25, 0.3) is 5.82 Å². The Morgan fingerprint density at radius 2 is 1.91 bits per heavy atom. The largest absolute Gasteiger partial charge is 0.422 e. The highest BCUT2D eigenvalue weighted by molar-refractivity contribution is 9.10. The number of amides is 1. The van der Waals surface area contributed by atoms with Gasteiger partial charge in [0.2, 0.25) is 11.6 Å². The topological polar surface area (TPSA) is 167 Å². The van der Waals surface area contributed by atoms with Gasteiger partial charge in [0.25, 0.3) is 5.91 Å². The van der Waals surface area contributed by atoms with Gasteiger partial charge >= 0.3 is 5.97 Å². The number of benzene rings is 3. The van der Waals surface area contributed by atoms with Crippen molar-refractivity contribution in [2.75, 3.05) is 17.2 Å². The number of hydrogen-bond donors (Lipinski definition) is 2. The summed E-state index contributed by atoms with van der Waals surface area (Å²) in [6.07, 6.45) is 3.29. The van der Waals surface area contributed by atoms with Gasteiger partial charge in [-0.3, -0.25) is 4.79 Å². The van der Waals surface area contributed by atoms with Gasteiger partial charge in [0.05, 0.1) is 24.0 Å². The van der Waals surface area contributed by atoms with E-state index in [9.17, 15) is 9.59 Å². The fraction of sp³-hybridized carbons (Fsp3) is 0.138. The van der Waals surface area contributed by atoms with Crippen LogP contribution in [0, 0.1) is 0 Å². The number of hydrogen-bond acceptors (Lipinski definition) is 11. The van der Waals surface area contributed by atoms with Crippen LogP contribution in [0.3, 0.4) is 0 Å². The highest BCUT2D eigenvalue weighted by Gasteiger charge is 2.27. The molecule has 0 saturated carbocycles. The number of aryl methyl sites for hydroxylation is 1. The number of carbonyl (C=O) groups excluding carboxylic acids is 2. The summed E-state index contributed by atoms with van der Waals surface area (Å²) in [4.78, 5) is 28.2. The van der Waals surface area contributed by atoms with Crippen LogP contribution >= 0.6 is 15.9 Å². The lowest BCUT2D eigenvalue weighted by molar-refractivity contribution is 0.0734. The summed E-state index contributed by atoms with van der Waals surface area (Å²) in [5.74, 6) is -0.754. The Morgan fingerprint density at radius 1 is 1.09 bits per heavy atom. The fourth-order valence-corrected chi connectivity index (χ4v) is 5.12. The van der Waals surface area contributed by atoms with Crippen LogP contribution < -0.4 is 20.8 Å². The lowest BCUT2D eigenvalue weighted by Gasteiger charge is -2.31. The van der Waals surface area contributed by atoms with E-state index >= 15 is 0 Å². The van der Waals surface area contributed by atoms with Crippen LogP contribution in [0.2, 0.25) is 0 Å². The van der Waals surface area contributed by atoms with Gasteiger partial charge in [-0.05, 0) is 65.1 Å². The predicted octanol–water partition coefficient (Wildman–Crippen LogP) is 3.93. The third-order valence-corrected chi connectivity index (χ3v) is 7.27. The van der Waals surface area contributed by atoms with Gasteiger partial charge in [0.15, 0.2) is 5.69 Å². The van der Waals surface area contributed by atoms with Crippen molar-refractivity contribution >= 4 is 45.5 Å². The van der Waals surface area contributed by atoms with Crippen LogP contribution in [0.4, 0.5) is 11.5 Å². The van der Waals surface area contributed by atoms with Crippen molar-refractivity contribution in [1.29, 1.82) is 0 Å². The molecular formula is C29H24BrN9O4. The van der Waals surface area contributed by atoms with Crippen molar-refractivity contribution in [3.8, 4) is 11.6 Å². The molecule has 0 saturated heterocycles. The van der Waals surface area contributed by atoms with E-state index in [-0.39, 0.29) is 29.6 Å². The molecule has 5 aromatic rings. The minimum Gasteiger partial charge on any atom is -0.422 e. The van der Waals surface area contributed by atoms with Gasteiger partial charge in [-0.2, -0.15) is 9.78 Å².